The van der Waals surface area contributed by atoms with Crippen molar-refractivity contribution in [1.29, 1.82) is 0 Å². The zero-order chi connectivity index (χ0) is 12.3. The molecule has 1 amide bonds. The number of rotatable bonds is 2. The number of hydrogen-bond acceptors (Lipinski definition) is 2. The molecule has 3 nitrogen and oxygen atoms in total. The van der Waals surface area contributed by atoms with Crippen molar-refractivity contribution in [3.05, 3.63) is 35.4 Å². The van der Waals surface area contributed by atoms with Crippen LogP contribution >= 0.6 is 0 Å². The number of carbonyl (C=O) groups excluding carboxylic acids is 1. The first-order chi connectivity index (χ1) is 8.16. The summed E-state index contributed by atoms with van der Waals surface area (Å²) in [6.07, 6.45) is 0.570. The van der Waals surface area contributed by atoms with Crippen molar-refractivity contribution in [1.82, 2.24) is 10.6 Å². The standard InChI is InChI=1S/C14H20N2O/c1-10(2)11-3-5-12(6-4-11)13-9-15-8-7-14(17)16-13/h3-6,10,13,15H,7-9H2,1-2H3,(H,16,17). The summed E-state index contributed by atoms with van der Waals surface area (Å²) < 4.78 is 0. The van der Waals surface area contributed by atoms with Gasteiger partial charge in [-0.25, -0.2) is 0 Å². The molecule has 92 valence electrons. The highest BCUT2D eigenvalue weighted by atomic mass is 16.1. The minimum Gasteiger partial charge on any atom is -0.348 e. The number of carbonyl (C=O) groups is 1. The van der Waals surface area contributed by atoms with Crippen LogP contribution in [0.1, 0.15) is 43.4 Å². The normalized spacial score (nSPS) is 21.1. The van der Waals surface area contributed by atoms with Crippen LogP contribution in [0.4, 0.5) is 0 Å². The first kappa shape index (κ1) is 12.1. The predicted molar refractivity (Wildman–Crippen MR) is 68.9 cm³/mol. The van der Waals surface area contributed by atoms with Gasteiger partial charge in [-0.2, -0.15) is 0 Å². The third kappa shape index (κ3) is 3.07. The van der Waals surface area contributed by atoms with Crippen molar-refractivity contribution in [3.8, 4) is 0 Å². The van der Waals surface area contributed by atoms with E-state index in [9.17, 15) is 4.79 Å². The molecule has 1 aliphatic heterocycles. The second-order valence-electron chi connectivity index (χ2n) is 4.90. The Labute approximate surface area is 103 Å². The highest BCUT2D eigenvalue weighted by Crippen LogP contribution is 2.19. The van der Waals surface area contributed by atoms with Crippen molar-refractivity contribution in [3.63, 3.8) is 0 Å². The van der Waals surface area contributed by atoms with Gasteiger partial charge in [0, 0.05) is 19.5 Å². The van der Waals surface area contributed by atoms with E-state index in [1.807, 2.05) is 0 Å². The Morgan fingerprint density at radius 2 is 1.94 bits per heavy atom. The fourth-order valence-electron chi connectivity index (χ4n) is 2.08. The minimum atomic E-state index is 0.103. The number of nitrogens with one attached hydrogen (secondary N) is 2. The summed E-state index contributed by atoms with van der Waals surface area (Å²) >= 11 is 0. The molecule has 2 N–H and O–H groups in total. The summed E-state index contributed by atoms with van der Waals surface area (Å²) in [7, 11) is 0. The molecule has 1 atom stereocenters. The average molecular weight is 232 g/mol. The molecule has 0 aliphatic carbocycles. The highest BCUT2D eigenvalue weighted by Gasteiger charge is 2.17. The van der Waals surface area contributed by atoms with Crippen molar-refractivity contribution < 1.29 is 4.79 Å². The van der Waals surface area contributed by atoms with Gasteiger partial charge in [0.25, 0.3) is 0 Å². The second-order valence-corrected chi connectivity index (χ2v) is 4.90. The molecule has 1 fully saturated rings. The predicted octanol–water partition coefficient (Wildman–Crippen LogP) is 1.96. The molecule has 0 spiro atoms. The van der Waals surface area contributed by atoms with E-state index in [2.05, 4.69) is 48.7 Å². The van der Waals surface area contributed by atoms with E-state index in [4.69, 9.17) is 0 Å². The molecule has 2 rings (SSSR count). The minimum absolute atomic E-state index is 0.103. The van der Waals surface area contributed by atoms with Crippen LogP contribution in [0.25, 0.3) is 0 Å². The Kier molecular flexibility index (Phi) is 3.79. The van der Waals surface area contributed by atoms with E-state index in [0.29, 0.717) is 12.3 Å². The number of hydrogen-bond donors (Lipinski definition) is 2. The smallest absolute Gasteiger partial charge is 0.221 e. The van der Waals surface area contributed by atoms with Crippen LogP contribution in [0, 0.1) is 0 Å². The fraction of sp³-hybridized carbons (Fsp3) is 0.500. The van der Waals surface area contributed by atoms with Crippen molar-refractivity contribution in [2.24, 2.45) is 0 Å². The lowest BCUT2D eigenvalue weighted by molar-refractivity contribution is -0.121. The molecule has 17 heavy (non-hydrogen) atoms. The molecule has 0 radical (unpaired) electrons. The summed E-state index contributed by atoms with van der Waals surface area (Å²) in [4.78, 5) is 11.5. The summed E-state index contributed by atoms with van der Waals surface area (Å²) in [5.74, 6) is 0.679. The Morgan fingerprint density at radius 3 is 2.59 bits per heavy atom. The molecular formula is C14H20N2O. The Balaban J connectivity index is 2.12. The first-order valence-corrected chi connectivity index (χ1v) is 6.27. The van der Waals surface area contributed by atoms with Gasteiger partial charge in [-0.05, 0) is 17.0 Å². The fourth-order valence-corrected chi connectivity index (χ4v) is 2.08. The Bertz CT molecular complexity index is 384. The maximum atomic E-state index is 11.5. The average Bonchev–Trinajstić information content (AvgIpc) is 2.54. The third-order valence-corrected chi connectivity index (χ3v) is 3.22. The quantitative estimate of drug-likeness (QED) is 0.818. The van der Waals surface area contributed by atoms with Crippen LogP contribution < -0.4 is 10.6 Å². The number of benzene rings is 1. The van der Waals surface area contributed by atoms with Gasteiger partial charge in [-0.1, -0.05) is 38.1 Å². The topological polar surface area (TPSA) is 41.1 Å². The van der Waals surface area contributed by atoms with Gasteiger partial charge >= 0.3 is 0 Å². The van der Waals surface area contributed by atoms with Crippen LogP contribution in [0.3, 0.4) is 0 Å². The zero-order valence-corrected chi connectivity index (χ0v) is 10.5. The van der Waals surface area contributed by atoms with E-state index in [-0.39, 0.29) is 11.9 Å². The first-order valence-electron chi connectivity index (χ1n) is 6.27. The summed E-state index contributed by atoms with van der Waals surface area (Å²) in [6.45, 7) is 5.95. The largest absolute Gasteiger partial charge is 0.348 e. The highest BCUT2D eigenvalue weighted by molar-refractivity contribution is 5.77. The van der Waals surface area contributed by atoms with E-state index in [0.717, 1.165) is 13.1 Å². The van der Waals surface area contributed by atoms with Crippen molar-refractivity contribution in [2.45, 2.75) is 32.2 Å². The maximum absolute atomic E-state index is 11.5. The van der Waals surface area contributed by atoms with Gasteiger partial charge in [0.1, 0.15) is 0 Å². The lowest BCUT2D eigenvalue weighted by Gasteiger charge is -2.17. The third-order valence-electron chi connectivity index (χ3n) is 3.22. The van der Waals surface area contributed by atoms with E-state index in [1.165, 1.54) is 11.1 Å². The van der Waals surface area contributed by atoms with E-state index >= 15 is 0 Å². The summed E-state index contributed by atoms with van der Waals surface area (Å²) in [5, 5.41) is 6.32. The Morgan fingerprint density at radius 1 is 1.24 bits per heavy atom. The maximum Gasteiger partial charge on any atom is 0.221 e. The zero-order valence-electron chi connectivity index (χ0n) is 10.5. The molecule has 1 aromatic rings. The van der Waals surface area contributed by atoms with Gasteiger partial charge in [-0.15, -0.1) is 0 Å². The molecular weight excluding hydrogens is 212 g/mol. The molecule has 1 heterocycles. The van der Waals surface area contributed by atoms with Crippen molar-refractivity contribution in [2.75, 3.05) is 13.1 Å². The molecule has 3 heteroatoms. The monoisotopic (exact) mass is 232 g/mol. The summed E-state index contributed by atoms with van der Waals surface area (Å²) in [5.41, 5.74) is 2.51. The Hall–Kier alpha value is -1.35. The summed E-state index contributed by atoms with van der Waals surface area (Å²) in [6, 6.07) is 8.64. The molecule has 0 aromatic heterocycles. The lowest BCUT2D eigenvalue weighted by atomic mass is 9.99. The van der Waals surface area contributed by atoms with E-state index < -0.39 is 0 Å². The van der Waals surface area contributed by atoms with Gasteiger partial charge in [0.15, 0.2) is 0 Å². The van der Waals surface area contributed by atoms with E-state index in [1.54, 1.807) is 0 Å². The molecule has 0 saturated carbocycles. The molecule has 1 aromatic carbocycles. The van der Waals surface area contributed by atoms with Crippen LogP contribution in [-0.4, -0.2) is 19.0 Å². The second kappa shape index (κ2) is 5.32. The molecule has 1 unspecified atom stereocenters. The molecule has 1 aliphatic rings. The van der Waals surface area contributed by atoms with Crippen molar-refractivity contribution >= 4 is 5.91 Å². The van der Waals surface area contributed by atoms with Crippen LogP contribution in [0.5, 0.6) is 0 Å². The van der Waals surface area contributed by atoms with Gasteiger partial charge in [0.2, 0.25) is 5.91 Å². The van der Waals surface area contributed by atoms with Crippen LogP contribution in [0.2, 0.25) is 0 Å². The van der Waals surface area contributed by atoms with Crippen LogP contribution in [0.15, 0.2) is 24.3 Å². The van der Waals surface area contributed by atoms with Gasteiger partial charge < -0.3 is 10.6 Å². The number of amides is 1. The molecule has 1 saturated heterocycles. The SMILES string of the molecule is CC(C)c1ccc(C2CNCCC(=O)N2)cc1. The lowest BCUT2D eigenvalue weighted by Crippen LogP contribution is -2.30. The van der Waals surface area contributed by atoms with Gasteiger partial charge in [0.05, 0.1) is 6.04 Å². The molecule has 0 bridgehead atoms. The van der Waals surface area contributed by atoms with Crippen LogP contribution in [-0.2, 0) is 4.79 Å². The van der Waals surface area contributed by atoms with Gasteiger partial charge in [-0.3, -0.25) is 4.79 Å².